The van der Waals surface area contributed by atoms with Crippen LogP contribution in [0.2, 0.25) is 0 Å². The Kier molecular flexibility index (Phi) is 4.89. The summed E-state index contributed by atoms with van der Waals surface area (Å²) >= 11 is 1.51. The Morgan fingerprint density at radius 1 is 1.75 bits per heavy atom. The predicted octanol–water partition coefficient (Wildman–Crippen LogP) is 1.34. The Hall–Kier alpha value is -0.580. The highest BCUT2D eigenvalue weighted by molar-refractivity contribution is 7.08. The van der Waals surface area contributed by atoms with E-state index in [1.165, 1.54) is 18.4 Å². The molecule has 5 heteroatoms. The Bertz CT molecular complexity index is 238. The zero-order valence-electron chi connectivity index (χ0n) is 6.52. The number of halogens is 1. The summed E-state index contributed by atoms with van der Waals surface area (Å²) in [4.78, 5) is 10.9. The minimum absolute atomic E-state index is 0. The van der Waals surface area contributed by atoms with Crippen molar-refractivity contribution in [2.24, 2.45) is 5.73 Å². The first-order valence-electron chi connectivity index (χ1n) is 3.11. The van der Waals surface area contributed by atoms with E-state index in [0.717, 1.165) is 5.56 Å². The van der Waals surface area contributed by atoms with E-state index in [4.69, 9.17) is 5.73 Å². The molecule has 1 rings (SSSR count). The van der Waals surface area contributed by atoms with E-state index in [2.05, 4.69) is 4.74 Å². The van der Waals surface area contributed by atoms with Crippen LogP contribution in [0.1, 0.15) is 11.6 Å². The SMILES string of the molecule is COC(=O)C(N)c1ccsc1.Cl. The van der Waals surface area contributed by atoms with Gasteiger partial charge in [-0.25, -0.2) is 0 Å². The Labute approximate surface area is 80.9 Å². The van der Waals surface area contributed by atoms with Gasteiger partial charge in [0.15, 0.2) is 0 Å². The van der Waals surface area contributed by atoms with Crippen LogP contribution in [-0.2, 0) is 9.53 Å². The molecule has 0 amide bonds. The standard InChI is InChI=1S/C7H9NO2S.ClH/c1-10-7(9)6(8)5-2-3-11-4-5;/h2-4,6H,8H2,1H3;1H. The maximum Gasteiger partial charge on any atom is 0.327 e. The highest BCUT2D eigenvalue weighted by Gasteiger charge is 2.15. The Morgan fingerprint density at radius 3 is 2.83 bits per heavy atom. The van der Waals surface area contributed by atoms with Gasteiger partial charge in [-0.1, -0.05) is 0 Å². The molecule has 1 unspecified atom stereocenters. The van der Waals surface area contributed by atoms with Gasteiger partial charge in [0.1, 0.15) is 6.04 Å². The van der Waals surface area contributed by atoms with Gasteiger partial charge >= 0.3 is 5.97 Å². The molecule has 0 fully saturated rings. The van der Waals surface area contributed by atoms with E-state index in [1.54, 1.807) is 0 Å². The number of ether oxygens (including phenoxy) is 1. The van der Waals surface area contributed by atoms with Crippen molar-refractivity contribution in [3.8, 4) is 0 Å². The fraction of sp³-hybridized carbons (Fsp3) is 0.286. The van der Waals surface area contributed by atoms with Gasteiger partial charge in [-0.3, -0.25) is 4.79 Å². The average Bonchev–Trinajstić information content (AvgIpc) is 2.53. The molecular formula is C7H10ClNO2S. The second kappa shape index (κ2) is 5.13. The number of rotatable bonds is 2. The Balaban J connectivity index is 0.00000121. The van der Waals surface area contributed by atoms with Crippen molar-refractivity contribution >= 4 is 29.7 Å². The van der Waals surface area contributed by atoms with E-state index in [9.17, 15) is 4.79 Å². The van der Waals surface area contributed by atoms with Crippen LogP contribution in [0.25, 0.3) is 0 Å². The number of carbonyl (C=O) groups excluding carboxylic acids is 1. The first kappa shape index (κ1) is 11.4. The van der Waals surface area contributed by atoms with Gasteiger partial charge in [0.2, 0.25) is 0 Å². The molecule has 0 aliphatic heterocycles. The molecule has 0 radical (unpaired) electrons. The summed E-state index contributed by atoms with van der Waals surface area (Å²) in [5.41, 5.74) is 6.33. The maximum absolute atomic E-state index is 10.9. The zero-order valence-corrected chi connectivity index (χ0v) is 8.15. The van der Waals surface area contributed by atoms with Crippen LogP contribution in [0.4, 0.5) is 0 Å². The highest BCUT2D eigenvalue weighted by atomic mass is 35.5. The van der Waals surface area contributed by atoms with Gasteiger partial charge in [-0.15, -0.1) is 12.4 Å². The minimum atomic E-state index is -0.633. The number of thiophene rings is 1. The molecule has 0 spiro atoms. The molecule has 1 heterocycles. The van der Waals surface area contributed by atoms with Crippen molar-refractivity contribution in [3.63, 3.8) is 0 Å². The molecular weight excluding hydrogens is 198 g/mol. The van der Waals surface area contributed by atoms with Gasteiger partial charge < -0.3 is 10.5 Å². The van der Waals surface area contributed by atoms with Crippen LogP contribution < -0.4 is 5.73 Å². The van der Waals surface area contributed by atoms with Gasteiger partial charge in [0.25, 0.3) is 0 Å². The molecule has 0 aliphatic carbocycles. The number of methoxy groups -OCH3 is 1. The number of hydrogen-bond acceptors (Lipinski definition) is 4. The molecule has 1 aromatic heterocycles. The van der Waals surface area contributed by atoms with Crippen LogP contribution in [0.15, 0.2) is 16.8 Å². The van der Waals surface area contributed by atoms with Crippen LogP contribution in [0.5, 0.6) is 0 Å². The summed E-state index contributed by atoms with van der Waals surface area (Å²) in [5.74, 6) is -0.400. The normalized spacial score (nSPS) is 11.5. The van der Waals surface area contributed by atoms with Crippen molar-refractivity contribution < 1.29 is 9.53 Å². The van der Waals surface area contributed by atoms with E-state index in [-0.39, 0.29) is 12.4 Å². The molecule has 0 saturated heterocycles. The second-order valence-corrected chi connectivity index (χ2v) is 2.84. The fourth-order valence-electron chi connectivity index (χ4n) is 0.715. The van der Waals surface area contributed by atoms with Gasteiger partial charge in [-0.2, -0.15) is 11.3 Å². The quantitative estimate of drug-likeness (QED) is 0.745. The van der Waals surface area contributed by atoms with Crippen molar-refractivity contribution in [1.82, 2.24) is 0 Å². The predicted molar refractivity (Wildman–Crippen MR) is 50.5 cm³/mol. The number of esters is 1. The molecule has 3 nitrogen and oxygen atoms in total. The summed E-state index contributed by atoms with van der Waals surface area (Å²) in [6, 6.07) is 1.18. The lowest BCUT2D eigenvalue weighted by atomic mass is 10.2. The summed E-state index contributed by atoms with van der Waals surface area (Å²) in [6.45, 7) is 0. The summed E-state index contributed by atoms with van der Waals surface area (Å²) in [6.07, 6.45) is 0. The van der Waals surface area contributed by atoms with E-state index >= 15 is 0 Å². The summed E-state index contributed by atoms with van der Waals surface area (Å²) in [5, 5.41) is 3.71. The van der Waals surface area contributed by atoms with E-state index < -0.39 is 12.0 Å². The first-order chi connectivity index (χ1) is 5.25. The molecule has 1 aromatic rings. The molecule has 1 atom stereocenters. The Morgan fingerprint density at radius 2 is 2.42 bits per heavy atom. The van der Waals surface area contributed by atoms with E-state index in [1.807, 2.05) is 16.8 Å². The van der Waals surface area contributed by atoms with Gasteiger partial charge in [0.05, 0.1) is 7.11 Å². The lowest BCUT2D eigenvalue weighted by Crippen LogP contribution is -2.21. The molecule has 68 valence electrons. The number of hydrogen-bond donors (Lipinski definition) is 1. The third-order valence-corrected chi connectivity index (χ3v) is 2.06. The number of nitrogens with two attached hydrogens (primary N) is 1. The lowest BCUT2D eigenvalue weighted by Gasteiger charge is -2.05. The largest absolute Gasteiger partial charge is 0.468 e. The molecule has 0 aromatic carbocycles. The molecule has 0 aliphatic rings. The maximum atomic E-state index is 10.9. The summed E-state index contributed by atoms with van der Waals surface area (Å²) < 4.78 is 4.48. The van der Waals surface area contributed by atoms with Crippen molar-refractivity contribution in [2.45, 2.75) is 6.04 Å². The first-order valence-corrected chi connectivity index (χ1v) is 4.05. The topological polar surface area (TPSA) is 52.3 Å². The van der Waals surface area contributed by atoms with Gasteiger partial charge in [-0.05, 0) is 22.4 Å². The fourth-order valence-corrected chi connectivity index (χ4v) is 1.41. The zero-order chi connectivity index (χ0) is 8.27. The highest BCUT2D eigenvalue weighted by Crippen LogP contribution is 2.14. The van der Waals surface area contributed by atoms with Gasteiger partial charge in [0, 0.05) is 0 Å². The van der Waals surface area contributed by atoms with Crippen molar-refractivity contribution in [1.29, 1.82) is 0 Å². The summed E-state index contributed by atoms with van der Waals surface area (Å²) in [7, 11) is 1.33. The van der Waals surface area contributed by atoms with Crippen LogP contribution in [-0.4, -0.2) is 13.1 Å². The molecule has 0 saturated carbocycles. The van der Waals surface area contributed by atoms with Crippen LogP contribution >= 0.6 is 23.7 Å². The van der Waals surface area contributed by atoms with Crippen molar-refractivity contribution in [3.05, 3.63) is 22.4 Å². The average molecular weight is 208 g/mol. The monoisotopic (exact) mass is 207 g/mol. The second-order valence-electron chi connectivity index (χ2n) is 2.06. The number of carbonyl (C=O) groups is 1. The van der Waals surface area contributed by atoms with E-state index in [0.29, 0.717) is 0 Å². The van der Waals surface area contributed by atoms with Crippen LogP contribution in [0, 0.1) is 0 Å². The minimum Gasteiger partial charge on any atom is -0.468 e. The third kappa shape index (κ3) is 2.48. The van der Waals surface area contributed by atoms with Crippen molar-refractivity contribution in [2.75, 3.05) is 7.11 Å². The smallest absolute Gasteiger partial charge is 0.327 e. The third-order valence-electron chi connectivity index (χ3n) is 1.36. The molecule has 2 N–H and O–H groups in total. The molecule has 0 bridgehead atoms. The van der Waals surface area contributed by atoms with Crippen LogP contribution in [0.3, 0.4) is 0 Å². The lowest BCUT2D eigenvalue weighted by molar-refractivity contribution is -0.142. The molecule has 12 heavy (non-hydrogen) atoms.